The number of aliphatic hydroxyl groups excluding tert-OH is 1. The van der Waals surface area contributed by atoms with Gasteiger partial charge in [-0.25, -0.2) is 4.98 Å². The van der Waals surface area contributed by atoms with Gasteiger partial charge in [0, 0.05) is 35.0 Å². The summed E-state index contributed by atoms with van der Waals surface area (Å²) in [5, 5.41) is 14.8. The Morgan fingerprint density at radius 3 is 2.17 bits per heavy atom. The number of benzene rings is 2. The van der Waals surface area contributed by atoms with Gasteiger partial charge in [-0.15, -0.1) is 0 Å². The monoisotopic (exact) mass is 534 g/mol. The number of halogens is 1. The van der Waals surface area contributed by atoms with Crippen LogP contribution in [0.1, 0.15) is 56.1 Å². The van der Waals surface area contributed by atoms with Crippen molar-refractivity contribution in [1.29, 1.82) is 0 Å². The first-order chi connectivity index (χ1) is 17.6. The zero-order valence-corrected chi connectivity index (χ0v) is 23.9. The first-order valence-electron chi connectivity index (χ1n) is 12.1. The summed E-state index contributed by atoms with van der Waals surface area (Å²) in [6.07, 6.45) is 2.48. The molecule has 8 heteroatoms. The molecule has 0 amide bonds. The van der Waals surface area contributed by atoms with Gasteiger partial charge in [-0.05, 0) is 42.2 Å². The molecule has 3 aromatic rings. The molecule has 1 aliphatic heterocycles. The summed E-state index contributed by atoms with van der Waals surface area (Å²) in [6, 6.07) is 16.5. The molecule has 4 rings (SSSR count). The third-order valence-corrected chi connectivity index (χ3v) is 5.41. The molecule has 0 bridgehead atoms. The van der Waals surface area contributed by atoms with Gasteiger partial charge in [0.25, 0.3) is 0 Å². The lowest BCUT2D eigenvalue weighted by atomic mass is 9.94. The van der Waals surface area contributed by atoms with Crippen molar-refractivity contribution >= 4 is 30.0 Å². The quantitative estimate of drug-likeness (QED) is 0.305. The smallest absolute Gasteiger partial charge is 0.224 e. The fourth-order valence-electron chi connectivity index (χ4n) is 3.65. The molecule has 1 aliphatic rings. The van der Waals surface area contributed by atoms with Crippen LogP contribution < -0.4 is 10.1 Å². The molecule has 1 unspecified atom stereocenters. The maximum atomic E-state index is 11.1. The average Bonchev–Trinajstić information content (AvgIpc) is 3.47. The van der Waals surface area contributed by atoms with E-state index >= 15 is 0 Å². The SMILES string of the molecule is CC.CC.CNc1ncc(C2(c3ccc(Cl)cc3)OCCO2)cc1C(O)c1cccc(OC)c1.CS. The summed E-state index contributed by atoms with van der Waals surface area (Å²) in [7, 11) is 3.36. The first kappa shape index (κ1) is 31.7. The Hall–Kier alpha value is -2.29. The molecule has 1 aromatic heterocycles. The van der Waals surface area contributed by atoms with Crippen molar-refractivity contribution in [3.05, 3.63) is 88.1 Å². The Morgan fingerprint density at radius 1 is 1.00 bits per heavy atom. The van der Waals surface area contributed by atoms with Gasteiger partial charge >= 0.3 is 0 Å². The lowest BCUT2D eigenvalue weighted by Gasteiger charge is -2.29. The Kier molecular flexibility index (Phi) is 14.5. The highest BCUT2D eigenvalue weighted by atomic mass is 35.5. The normalized spacial score (nSPS) is 14.1. The van der Waals surface area contributed by atoms with E-state index in [1.807, 2.05) is 64.1 Å². The van der Waals surface area contributed by atoms with E-state index in [1.54, 1.807) is 44.8 Å². The maximum absolute atomic E-state index is 11.1. The zero-order chi connectivity index (χ0) is 27.1. The van der Waals surface area contributed by atoms with Crippen molar-refractivity contribution in [3.63, 3.8) is 0 Å². The molecule has 0 spiro atoms. The van der Waals surface area contributed by atoms with Gasteiger partial charge in [0.2, 0.25) is 5.79 Å². The summed E-state index contributed by atoms with van der Waals surface area (Å²) in [5.41, 5.74) is 2.80. The molecule has 1 fully saturated rings. The number of anilines is 1. The topological polar surface area (TPSA) is 72.8 Å². The van der Waals surface area contributed by atoms with Gasteiger partial charge in [0.15, 0.2) is 0 Å². The fourth-order valence-corrected chi connectivity index (χ4v) is 3.78. The predicted octanol–water partition coefficient (Wildman–Crippen LogP) is 6.71. The van der Waals surface area contributed by atoms with E-state index in [4.69, 9.17) is 25.8 Å². The molecular weight excluding hydrogens is 496 g/mol. The minimum absolute atomic E-state index is 0.449. The van der Waals surface area contributed by atoms with Crippen LogP contribution in [0.3, 0.4) is 0 Å². The minimum Gasteiger partial charge on any atom is -0.497 e. The molecule has 6 nitrogen and oxygen atoms in total. The average molecular weight is 535 g/mol. The van der Waals surface area contributed by atoms with Gasteiger partial charge in [-0.2, -0.15) is 12.6 Å². The van der Waals surface area contributed by atoms with E-state index in [0.29, 0.717) is 46.5 Å². The lowest BCUT2D eigenvalue weighted by Crippen LogP contribution is -2.29. The maximum Gasteiger partial charge on any atom is 0.224 e. The summed E-state index contributed by atoms with van der Waals surface area (Å²) >= 11 is 9.59. The largest absolute Gasteiger partial charge is 0.497 e. The molecule has 198 valence electrons. The van der Waals surface area contributed by atoms with Crippen LogP contribution in [0.2, 0.25) is 5.02 Å². The number of hydrogen-bond donors (Lipinski definition) is 3. The van der Waals surface area contributed by atoms with E-state index in [9.17, 15) is 5.11 Å². The van der Waals surface area contributed by atoms with Crippen LogP contribution in [0.25, 0.3) is 0 Å². The van der Waals surface area contributed by atoms with Gasteiger partial charge in [-0.3, -0.25) is 0 Å². The number of hydrogen-bond acceptors (Lipinski definition) is 7. The number of methoxy groups -OCH3 is 1. The van der Waals surface area contributed by atoms with Crippen molar-refractivity contribution < 1.29 is 19.3 Å². The molecule has 2 N–H and O–H groups in total. The number of aliphatic hydroxyl groups is 1. The third kappa shape index (κ3) is 7.37. The Balaban J connectivity index is 0.00000101. The van der Waals surface area contributed by atoms with E-state index in [2.05, 4.69) is 22.9 Å². The third-order valence-electron chi connectivity index (χ3n) is 5.16. The fraction of sp³-hybridized carbons (Fsp3) is 0.393. The van der Waals surface area contributed by atoms with Crippen LogP contribution in [-0.4, -0.2) is 43.7 Å². The van der Waals surface area contributed by atoms with Crippen LogP contribution in [0.4, 0.5) is 5.82 Å². The number of rotatable bonds is 6. The minimum atomic E-state index is -1.10. The van der Waals surface area contributed by atoms with Gasteiger partial charge in [0.1, 0.15) is 17.7 Å². The molecular formula is C28H39ClN2O4S. The molecule has 0 saturated carbocycles. The van der Waals surface area contributed by atoms with Gasteiger partial charge in [0.05, 0.1) is 20.3 Å². The number of nitrogens with zero attached hydrogens (tertiary/aromatic N) is 1. The number of ether oxygens (including phenoxy) is 3. The van der Waals surface area contributed by atoms with E-state index < -0.39 is 11.9 Å². The van der Waals surface area contributed by atoms with E-state index in [0.717, 1.165) is 5.56 Å². The summed E-state index contributed by atoms with van der Waals surface area (Å²) < 4.78 is 17.4. The van der Waals surface area contributed by atoms with Crippen molar-refractivity contribution in [1.82, 2.24) is 4.98 Å². The van der Waals surface area contributed by atoms with Crippen LogP contribution in [-0.2, 0) is 15.3 Å². The van der Waals surface area contributed by atoms with Crippen molar-refractivity contribution in [2.24, 2.45) is 0 Å². The van der Waals surface area contributed by atoms with Crippen molar-refractivity contribution in [2.45, 2.75) is 39.6 Å². The number of thiol groups is 1. The molecule has 1 atom stereocenters. The second-order valence-electron chi connectivity index (χ2n) is 6.91. The van der Waals surface area contributed by atoms with Gasteiger partial charge in [-0.1, -0.05) is 63.6 Å². The van der Waals surface area contributed by atoms with E-state index in [-0.39, 0.29) is 0 Å². The molecule has 1 saturated heterocycles. The van der Waals surface area contributed by atoms with Crippen molar-refractivity contribution in [3.8, 4) is 5.75 Å². The standard InChI is InChI=1S/C23H23ClN2O4.2C2H6.CH4S/c1-25-22-20(21(27)15-4-3-5-19(12-15)28-2)13-17(14-26-22)23(29-10-11-30-23)16-6-8-18(24)9-7-16;3*1-2/h3-9,12-14,21,27H,10-11H2,1-2H3,(H,25,26);2*1-2H3;2H,1H3. The highest BCUT2D eigenvalue weighted by Gasteiger charge is 2.41. The van der Waals surface area contributed by atoms with Crippen LogP contribution in [0.15, 0.2) is 60.8 Å². The Labute approximate surface area is 226 Å². The summed E-state index contributed by atoms with van der Waals surface area (Å²) in [6.45, 7) is 8.90. The van der Waals surface area contributed by atoms with E-state index in [1.165, 1.54) is 0 Å². The molecule has 0 radical (unpaired) electrons. The lowest BCUT2D eigenvalue weighted by molar-refractivity contribution is -0.130. The molecule has 2 aromatic carbocycles. The first-order valence-corrected chi connectivity index (χ1v) is 13.3. The highest BCUT2D eigenvalue weighted by Crippen LogP contribution is 2.41. The summed E-state index contributed by atoms with van der Waals surface area (Å²) in [4.78, 5) is 4.53. The van der Waals surface area contributed by atoms with Gasteiger partial charge < -0.3 is 24.6 Å². The second kappa shape index (κ2) is 16.5. The van der Waals surface area contributed by atoms with Crippen molar-refractivity contribution in [2.75, 3.05) is 38.9 Å². The molecule has 0 aliphatic carbocycles. The predicted molar refractivity (Wildman–Crippen MR) is 153 cm³/mol. The molecule has 2 heterocycles. The number of pyridine rings is 1. The number of nitrogens with one attached hydrogen (secondary N) is 1. The second-order valence-corrected chi connectivity index (χ2v) is 7.35. The number of aromatic nitrogens is 1. The van der Waals surface area contributed by atoms with Crippen LogP contribution in [0.5, 0.6) is 5.75 Å². The van der Waals surface area contributed by atoms with Crippen LogP contribution >= 0.6 is 24.2 Å². The Morgan fingerprint density at radius 2 is 1.61 bits per heavy atom. The zero-order valence-electron chi connectivity index (χ0n) is 22.2. The molecule has 36 heavy (non-hydrogen) atoms. The van der Waals surface area contributed by atoms with Crippen LogP contribution in [0, 0.1) is 0 Å². The summed E-state index contributed by atoms with van der Waals surface area (Å²) in [5.74, 6) is 0.132. The highest BCUT2D eigenvalue weighted by molar-refractivity contribution is 7.79. The Bertz CT molecular complexity index is 1030.